The zero-order valence-electron chi connectivity index (χ0n) is 16.3. The van der Waals surface area contributed by atoms with Crippen molar-refractivity contribution < 1.29 is 23.8 Å². The van der Waals surface area contributed by atoms with Gasteiger partial charge >= 0.3 is 5.97 Å². The minimum absolute atomic E-state index is 0.0720. The maximum atomic E-state index is 12.6. The molecular weight excluding hydrogens is 380 g/mol. The number of carbonyl (C=O) groups is 2. The van der Waals surface area contributed by atoms with Crippen molar-refractivity contribution in [2.24, 2.45) is 5.92 Å². The molecule has 1 aliphatic carbocycles. The van der Waals surface area contributed by atoms with Gasteiger partial charge in [-0.2, -0.15) is 0 Å². The van der Waals surface area contributed by atoms with Crippen molar-refractivity contribution in [3.05, 3.63) is 16.0 Å². The number of carbonyl (C=O) groups excluding carboxylic acids is 2. The molecule has 1 amide bonds. The minimum atomic E-state index is -0.324. The molecule has 0 saturated carbocycles. The van der Waals surface area contributed by atoms with Crippen LogP contribution in [0.3, 0.4) is 0 Å². The molecular formula is C20H28N2O5S. The summed E-state index contributed by atoms with van der Waals surface area (Å²) in [5, 5.41) is 3.63. The summed E-state index contributed by atoms with van der Waals surface area (Å²) in [6.07, 6.45) is 4.79. The normalized spacial score (nSPS) is 21.0. The SMILES string of the molecule is CCOC(=O)c1c(NC(=O)CN2CCC(C3OCCO3)CC2)sc2c1CCC2. The molecule has 4 rings (SSSR count). The predicted octanol–water partition coefficient (Wildman–Crippen LogP) is 2.44. The Morgan fingerprint density at radius 1 is 1.21 bits per heavy atom. The zero-order chi connectivity index (χ0) is 19.5. The smallest absolute Gasteiger partial charge is 0.341 e. The van der Waals surface area contributed by atoms with Gasteiger partial charge in [-0.3, -0.25) is 9.69 Å². The zero-order valence-corrected chi connectivity index (χ0v) is 17.1. The largest absolute Gasteiger partial charge is 0.462 e. The molecule has 0 atom stereocenters. The van der Waals surface area contributed by atoms with E-state index in [9.17, 15) is 9.59 Å². The summed E-state index contributed by atoms with van der Waals surface area (Å²) >= 11 is 1.53. The highest BCUT2D eigenvalue weighted by Crippen LogP contribution is 2.39. The number of nitrogens with one attached hydrogen (secondary N) is 1. The third-order valence-corrected chi connectivity index (χ3v) is 6.89. The van der Waals surface area contributed by atoms with Crippen LogP contribution in [0, 0.1) is 5.92 Å². The molecule has 28 heavy (non-hydrogen) atoms. The molecule has 0 unspecified atom stereocenters. The van der Waals surface area contributed by atoms with Crippen molar-refractivity contribution in [2.45, 2.75) is 45.3 Å². The van der Waals surface area contributed by atoms with Crippen molar-refractivity contribution in [1.82, 2.24) is 4.90 Å². The lowest BCUT2D eigenvalue weighted by atomic mass is 9.96. The molecule has 7 nitrogen and oxygen atoms in total. The van der Waals surface area contributed by atoms with Crippen molar-refractivity contribution in [3.8, 4) is 0 Å². The monoisotopic (exact) mass is 408 g/mol. The van der Waals surface area contributed by atoms with Crippen LogP contribution in [0.25, 0.3) is 0 Å². The van der Waals surface area contributed by atoms with Gasteiger partial charge in [0.25, 0.3) is 0 Å². The first-order valence-electron chi connectivity index (χ1n) is 10.2. The second-order valence-electron chi connectivity index (χ2n) is 7.55. The molecule has 2 saturated heterocycles. The van der Waals surface area contributed by atoms with Gasteiger partial charge in [0.05, 0.1) is 31.9 Å². The lowest BCUT2D eigenvalue weighted by Gasteiger charge is -2.33. The molecule has 1 aromatic heterocycles. The average molecular weight is 409 g/mol. The van der Waals surface area contributed by atoms with Crippen LogP contribution < -0.4 is 5.32 Å². The number of fused-ring (bicyclic) bond motifs is 1. The first-order chi connectivity index (χ1) is 13.7. The first-order valence-corrected chi connectivity index (χ1v) is 11.0. The second-order valence-corrected chi connectivity index (χ2v) is 8.66. The number of rotatable bonds is 6. The van der Waals surface area contributed by atoms with Crippen LogP contribution in [-0.4, -0.2) is 62.5 Å². The van der Waals surface area contributed by atoms with Gasteiger partial charge in [0.15, 0.2) is 6.29 Å². The van der Waals surface area contributed by atoms with Crippen LogP contribution in [0.4, 0.5) is 5.00 Å². The number of nitrogens with zero attached hydrogens (tertiary/aromatic N) is 1. The molecule has 154 valence electrons. The lowest BCUT2D eigenvalue weighted by molar-refractivity contribution is -0.119. The van der Waals surface area contributed by atoms with Crippen LogP contribution in [0.5, 0.6) is 0 Å². The Kier molecular flexibility index (Phi) is 6.30. The number of likely N-dealkylation sites (tertiary alicyclic amines) is 1. The van der Waals surface area contributed by atoms with E-state index in [0.29, 0.717) is 42.8 Å². The van der Waals surface area contributed by atoms with E-state index in [2.05, 4.69) is 10.2 Å². The second kappa shape index (κ2) is 8.90. The van der Waals surface area contributed by atoms with Gasteiger partial charge in [-0.15, -0.1) is 11.3 Å². The van der Waals surface area contributed by atoms with Gasteiger partial charge in [-0.05, 0) is 57.7 Å². The Bertz CT molecular complexity index is 720. The number of thiophene rings is 1. The van der Waals surface area contributed by atoms with E-state index in [1.54, 1.807) is 6.92 Å². The molecule has 8 heteroatoms. The van der Waals surface area contributed by atoms with Gasteiger partial charge < -0.3 is 19.5 Å². The number of aryl methyl sites for hydroxylation is 1. The van der Waals surface area contributed by atoms with E-state index < -0.39 is 0 Å². The minimum Gasteiger partial charge on any atom is -0.462 e. The van der Waals surface area contributed by atoms with E-state index in [4.69, 9.17) is 14.2 Å². The Hall–Kier alpha value is -1.48. The van der Waals surface area contributed by atoms with Gasteiger partial charge in [-0.25, -0.2) is 4.79 Å². The molecule has 2 fully saturated rings. The molecule has 0 spiro atoms. The van der Waals surface area contributed by atoms with Crippen LogP contribution in [-0.2, 0) is 31.8 Å². The van der Waals surface area contributed by atoms with Crippen molar-refractivity contribution in [3.63, 3.8) is 0 Å². The summed E-state index contributed by atoms with van der Waals surface area (Å²) in [5.41, 5.74) is 1.64. The van der Waals surface area contributed by atoms with Gasteiger partial charge in [0.2, 0.25) is 5.91 Å². The number of esters is 1. The van der Waals surface area contributed by atoms with Crippen LogP contribution in [0.1, 0.15) is 47.0 Å². The molecule has 0 radical (unpaired) electrons. The van der Waals surface area contributed by atoms with E-state index in [1.165, 1.54) is 16.2 Å². The van der Waals surface area contributed by atoms with Gasteiger partial charge in [0.1, 0.15) is 5.00 Å². The molecule has 1 N–H and O–H groups in total. The standard InChI is InChI=1S/C20H28N2O5S/c1-2-25-19(24)17-14-4-3-5-15(14)28-18(17)21-16(23)12-22-8-6-13(7-9-22)20-26-10-11-27-20/h13,20H,2-12H2,1H3,(H,21,23). The third-order valence-electron chi connectivity index (χ3n) is 5.69. The summed E-state index contributed by atoms with van der Waals surface area (Å²) < 4.78 is 16.4. The first kappa shape index (κ1) is 19.8. The Morgan fingerprint density at radius 2 is 1.96 bits per heavy atom. The lowest BCUT2D eigenvalue weighted by Crippen LogP contribution is -2.41. The number of hydrogen-bond acceptors (Lipinski definition) is 7. The summed E-state index contributed by atoms with van der Waals surface area (Å²) in [6.45, 7) is 5.54. The van der Waals surface area contributed by atoms with Crippen LogP contribution in [0.15, 0.2) is 0 Å². The van der Waals surface area contributed by atoms with Gasteiger partial charge in [0, 0.05) is 10.8 Å². The Balaban J connectivity index is 1.34. The fourth-order valence-electron chi connectivity index (χ4n) is 4.31. The Labute approximate surface area is 169 Å². The number of anilines is 1. The number of piperidine rings is 1. The fraction of sp³-hybridized carbons (Fsp3) is 0.700. The van der Waals surface area contributed by atoms with E-state index in [-0.39, 0.29) is 18.2 Å². The molecule has 0 aromatic carbocycles. The maximum absolute atomic E-state index is 12.6. The summed E-state index contributed by atoms with van der Waals surface area (Å²) in [5.74, 6) is 0.0179. The Morgan fingerprint density at radius 3 is 2.68 bits per heavy atom. The summed E-state index contributed by atoms with van der Waals surface area (Å²) in [6, 6.07) is 0. The maximum Gasteiger partial charge on any atom is 0.341 e. The van der Waals surface area contributed by atoms with E-state index in [1.807, 2.05) is 0 Å². The van der Waals surface area contributed by atoms with Gasteiger partial charge in [-0.1, -0.05) is 0 Å². The van der Waals surface area contributed by atoms with Crippen molar-refractivity contribution >= 4 is 28.2 Å². The molecule has 1 aromatic rings. The van der Waals surface area contributed by atoms with Crippen LogP contribution >= 0.6 is 11.3 Å². The molecule has 2 aliphatic heterocycles. The van der Waals surface area contributed by atoms with E-state index >= 15 is 0 Å². The molecule has 3 aliphatic rings. The average Bonchev–Trinajstić information content (AvgIpc) is 3.39. The number of amides is 1. The van der Waals surface area contributed by atoms with Crippen molar-refractivity contribution in [1.29, 1.82) is 0 Å². The topological polar surface area (TPSA) is 77.1 Å². The van der Waals surface area contributed by atoms with Crippen molar-refractivity contribution in [2.75, 3.05) is 44.8 Å². The molecule has 3 heterocycles. The highest BCUT2D eigenvalue weighted by molar-refractivity contribution is 7.17. The summed E-state index contributed by atoms with van der Waals surface area (Å²) in [7, 11) is 0. The fourth-order valence-corrected chi connectivity index (χ4v) is 5.61. The number of hydrogen-bond donors (Lipinski definition) is 1. The summed E-state index contributed by atoms with van der Waals surface area (Å²) in [4.78, 5) is 28.4. The third kappa shape index (κ3) is 4.25. The highest BCUT2D eigenvalue weighted by Gasteiger charge is 2.32. The number of ether oxygens (including phenoxy) is 3. The molecule has 0 bridgehead atoms. The highest BCUT2D eigenvalue weighted by atomic mass is 32.1. The van der Waals surface area contributed by atoms with Crippen LogP contribution in [0.2, 0.25) is 0 Å². The predicted molar refractivity (Wildman–Crippen MR) is 106 cm³/mol. The van der Waals surface area contributed by atoms with E-state index in [0.717, 1.165) is 50.8 Å². The quantitative estimate of drug-likeness (QED) is 0.729.